The number of Topliss-reactive ketones (excluding diaryl/α,β-unsaturated/α-hetero) is 1. The predicted molar refractivity (Wildman–Crippen MR) is 88.2 cm³/mol. The van der Waals surface area contributed by atoms with Crippen LogP contribution in [0.1, 0.15) is 58.3 Å². The molecule has 5 heteroatoms. The van der Waals surface area contributed by atoms with E-state index < -0.39 is 0 Å². The third kappa shape index (κ3) is 2.91. The number of carbonyl (C=O) groups excluding carboxylic acids is 2. The average molecular weight is 311 g/mol. The van der Waals surface area contributed by atoms with Gasteiger partial charge in [0.2, 0.25) is 0 Å². The largest absolute Gasteiger partial charge is 0.352 e. The molecule has 0 fully saturated rings. The van der Waals surface area contributed by atoms with Crippen molar-refractivity contribution in [2.75, 3.05) is 6.54 Å². The van der Waals surface area contributed by atoms with Crippen LogP contribution in [0, 0.1) is 6.92 Å². The van der Waals surface area contributed by atoms with E-state index in [2.05, 4.69) is 10.4 Å². The van der Waals surface area contributed by atoms with Crippen LogP contribution < -0.4 is 5.32 Å². The second-order valence-electron chi connectivity index (χ2n) is 5.90. The van der Waals surface area contributed by atoms with Crippen LogP contribution in [0.2, 0.25) is 0 Å². The van der Waals surface area contributed by atoms with Crippen molar-refractivity contribution in [3.05, 3.63) is 46.8 Å². The molecule has 0 saturated heterocycles. The van der Waals surface area contributed by atoms with Gasteiger partial charge in [-0.2, -0.15) is 5.10 Å². The average Bonchev–Trinajstić information content (AvgIpc) is 2.91. The Balaban J connectivity index is 1.90. The molecule has 1 aliphatic carbocycles. The highest BCUT2D eigenvalue weighted by molar-refractivity contribution is 5.99. The number of ketones is 1. The summed E-state index contributed by atoms with van der Waals surface area (Å²) < 4.78 is 1.84. The maximum absolute atomic E-state index is 12.1. The zero-order chi connectivity index (χ0) is 16.4. The number of hydrogen-bond acceptors (Lipinski definition) is 3. The minimum atomic E-state index is -0.0627. The topological polar surface area (TPSA) is 64.0 Å². The second-order valence-corrected chi connectivity index (χ2v) is 5.90. The molecule has 2 aromatic rings. The van der Waals surface area contributed by atoms with E-state index in [0.717, 1.165) is 41.9 Å². The minimum Gasteiger partial charge on any atom is -0.352 e. The molecular weight excluding hydrogens is 290 g/mol. The van der Waals surface area contributed by atoms with E-state index in [1.807, 2.05) is 30.7 Å². The molecule has 0 aliphatic heterocycles. The number of nitrogens with one attached hydrogen (secondary N) is 1. The highest BCUT2D eigenvalue weighted by Gasteiger charge is 2.25. The molecule has 1 N–H and O–H groups in total. The Bertz CT molecular complexity index is 744. The molecule has 0 spiro atoms. The lowest BCUT2D eigenvalue weighted by atomic mass is 9.94. The van der Waals surface area contributed by atoms with Crippen molar-refractivity contribution in [3.63, 3.8) is 0 Å². The van der Waals surface area contributed by atoms with Crippen molar-refractivity contribution >= 4 is 11.7 Å². The molecule has 0 unspecified atom stereocenters. The van der Waals surface area contributed by atoms with Crippen molar-refractivity contribution in [2.45, 2.75) is 39.5 Å². The number of benzene rings is 1. The highest BCUT2D eigenvalue weighted by atomic mass is 16.1. The summed E-state index contributed by atoms with van der Waals surface area (Å²) in [5.41, 5.74) is 4.07. The Labute approximate surface area is 135 Å². The van der Waals surface area contributed by atoms with Crippen molar-refractivity contribution in [1.29, 1.82) is 0 Å². The van der Waals surface area contributed by atoms with E-state index in [9.17, 15) is 9.59 Å². The molecule has 120 valence electrons. The Kier molecular flexibility index (Phi) is 4.28. The lowest BCUT2D eigenvalue weighted by Crippen LogP contribution is -2.23. The van der Waals surface area contributed by atoms with Crippen LogP contribution in [0.3, 0.4) is 0 Å². The smallest absolute Gasteiger partial charge is 0.251 e. The summed E-state index contributed by atoms with van der Waals surface area (Å²) in [6.45, 7) is 4.58. The van der Waals surface area contributed by atoms with Gasteiger partial charge in [0.1, 0.15) is 0 Å². The first-order chi connectivity index (χ1) is 11.1. The molecule has 23 heavy (non-hydrogen) atoms. The fraction of sp³-hybridized carbons (Fsp3) is 0.389. The standard InChI is InChI=1S/C18H21N3O2/c1-3-11-19-18(23)13-7-9-14(10-8-13)21-15-5-4-6-16(22)17(15)12(2)20-21/h7-10H,3-6,11H2,1-2H3,(H,19,23). The number of hydrogen-bond donors (Lipinski definition) is 1. The summed E-state index contributed by atoms with van der Waals surface area (Å²) in [5.74, 6) is 0.123. The van der Waals surface area contributed by atoms with Gasteiger partial charge in [0.15, 0.2) is 5.78 Å². The van der Waals surface area contributed by atoms with Crippen LogP contribution in [0.15, 0.2) is 24.3 Å². The van der Waals surface area contributed by atoms with Gasteiger partial charge in [0, 0.05) is 18.5 Å². The number of aromatic nitrogens is 2. The van der Waals surface area contributed by atoms with Gasteiger partial charge >= 0.3 is 0 Å². The van der Waals surface area contributed by atoms with Gasteiger partial charge in [-0.1, -0.05) is 6.92 Å². The zero-order valence-corrected chi connectivity index (χ0v) is 13.6. The first kappa shape index (κ1) is 15.5. The third-order valence-corrected chi connectivity index (χ3v) is 4.16. The van der Waals surface area contributed by atoms with Crippen LogP contribution in [-0.2, 0) is 6.42 Å². The van der Waals surface area contributed by atoms with Gasteiger partial charge in [-0.15, -0.1) is 0 Å². The zero-order valence-electron chi connectivity index (χ0n) is 13.6. The van der Waals surface area contributed by atoms with Crippen LogP contribution >= 0.6 is 0 Å². The van der Waals surface area contributed by atoms with Gasteiger partial charge < -0.3 is 5.32 Å². The molecule has 0 atom stereocenters. The van der Waals surface area contributed by atoms with Crippen molar-refractivity contribution in [3.8, 4) is 5.69 Å². The highest BCUT2D eigenvalue weighted by Crippen LogP contribution is 2.26. The lowest BCUT2D eigenvalue weighted by molar-refractivity contribution is 0.0950. The normalized spacial score (nSPS) is 13.7. The molecule has 1 heterocycles. The van der Waals surface area contributed by atoms with Crippen molar-refractivity contribution in [1.82, 2.24) is 15.1 Å². The van der Waals surface area contributed by atoms with Gasteiger partial charge in [-0.25, -0.2) is 4.68 Å². The van der Waals surface area contributed by atoms with Crippen LogP contribution in [0.25, 0.3) is 5.69 Å². The minimum absolute atomic E-state index is 0.0627. The summed E-state index contributed by atoms with van der Waals surface area (Å²) >= 11 is 0. The molecule has 0 radical (unpaired) electrons. The SMILES string of the molecule is CCCNC(=O)c1ccc(-n2nc(C)c3c2CCCC3=O)cc1. The van der Waals surface area contributed by atoms with Crippen molar-refractivity contribution < 1.29 is 9.59 Å². The lowest BCUT2D eigenvalue weighted by Gasteiger charge is -2.13. The summed E-state index contributed by atoms with van der Waals surface area (Å²) in [7, 11) is 0. The van der Waals surface area contributed by atoms with Crippen LogP contribution in [0.5, 0.6) is 0 Å². The third-order valence-electron chi connectivity index (χ3n) is 4.16. The summed E-state index contributed by atoms with van der Waals surface area (Å²) in [5, 5.41) is 7.39. The number of nitrogens with zero attached hydrogens (tertiary/aromatic N) is 2. The van der Waals surface area contributed by atoms with E-state index in [-0.39, 0.29) is 11.7 Å². The van der Waals surface area contributed by atoms with Gasteiger partial charge in [0.05, 0.1) is 22.6 Å². The van der Waals surface area contributed by atoms with Crippen molar-refractivity contribution in [2.24, 2.45) is 0 Å². The molecule has 1 aromatic heterocycles. The van der Waals surface area contributed by atoms with E-state index in [4.69, 9.17) is 0 Å². The number of amides is 1. The Morgan fingerprint density at radius 1 is 1.26 bits per heavy atom. The molecular formula is C18H21N3O2. The number of aryl methyl sites for hydroxylation is 1. The summed E-state index contributed by atoms with van der Waals surface area (Å²) in [6, 6.07) is 7.36. The predicted octanol–water partition coefficient (Wildman–Crippen LogP) is 2.84. The summed E-state index contributed by atoms with van der Waals surface area (Å²) in [4.78, 5) is 24.0. The molecule has 0 bridgehead atoms. The Morgan fingerprint density at radius 3 is 2.70 bits per heavy atom. The second kappa shape index (κ2) is 6.36. The molecule has 0 saturated carbocycles. The molecule has 1 aromatic carbocycles. The molecule has 5 nitrogen and oxygen atoms in total. The maximum atomic E-state index is 12.1. The fourth-order valence-electron chi connectivity index (χ4n) is 3.02. The van der Waals surface area contributed by atoms with Crippen LogP contribution in [0.4, 0.5) is 0 Å². The molecule has 1 amide bonds. The number of carbonyl (C=O) groups is 2. The summed E-state index contributed by atoms with van der Waals surface area (Å²) in [6.07, 6.45) is 3.25. The van der Waals surface area contributed by atoms with E-state index in [1.54, 1.807) is 12.1 Å². The van der Waals surface area contributed by atoms with Gasteiger partial charge in [0.25, 0.3) is 5.91 Å². The molecule has 1 aliphatic rings. The fourth-order valence-corrected chi connectivity index (χ4v) is 3.02. The first-order valence-electron chi connectivity index (χ1n) is 8.12. The van der Waals surface area contributed by atoms with Crippen LogP contribution in [-0.4, -0.2) is 28.0 Å². The van der Waals surface area contributed by atoms with E-state index in [1.165, 1.54) is 0 Å². The monoisotopic (exact) mass is 311 g/mol. The van der Waals surface area contributed by atoms with E-state index >= 15 is 0 Å². The number of rotatable bonds is 4. The number of fused-ring (bicyclic) bond motifs is 1. The Morgan fingerprint density at radius 2 is 2.00 bits per heavy atom. The molecule has 3 rings (SSSR count). The quantitative estimate of drug-likeness (QED) is 0.944. The first-order valence-corrected chi connectivity index (χ1v) is 8.12. The Hall–Kier alpha value is -2.43. The maximum Gasteiger partial charge on any atom is 0.251 e. The van der Waals surface area contributed by atoms with E-state index in [0.29, 0.717) is 18.5 Å². The van der Waals surface area contributed by atoms with Gasteiger partial charge in [-0.05, 0) is 50.5 Å². The van der Waals surface area contributed by atoms with Gasteiger partial charge in [-0.3, -0.25) is 9.59 Å².